The van der Waals surface area contributed by atoms with Crippen molar-refractivity contribution in [3.8, 4) is 11.5 Å². The van der Waals surface area contributed by atoms with Gasteiger partial charge in [0.15, 0.2) is 5.96 Å². The van der Waals surface area contributed by atoms with Crippen molar-refractivity contribution in [3.05, 3.63) is 23.8 Å². The van der Waals surface area contributed by atoms with Gasteiger partial charge in [-0.15, -0.1) is 24.0 Å². The van der Waals surface area contributed by atoms with Crippen LogP contribution in [0.25, 0.3) is 0 Å². The zero-order valence-corrected chi connectivity index (χ0v) is 17.9. The van der Waals surface area contributed by atoms with E-state index in [1.165, 1.54) is 0 Å². The predicted molar refractivity (Wildman–Crippen MR) is 111 cm³/mol. The van der Waals surface area contributed by atoms with Crippen LogP contribution in [0.3, 0.4) is 0 Å². The average molecular weight is 453 g/mol. The van der Waals surface area contributed by atoms with E-state index in [2.05, 4.69) is 35.7 Å². The first-order valence-electron chi connectivity index (χ1n) is 7.16. The van der Waals surface area contributed by atoms with Crippen molar-refractivity contribution >= 4 is 41.7 Å². The summed E-state index contributed by atoms with van der Waals surface area (Å²) >= 11 is 1.83. The molecule has 0 aliphatic rings. The molecule has 0 fully saturated rings. The highest BCUT2D eigenvalue weighted by molar-refractivity contribution is 14.0. The molecule has 1 aromatic carbocycles. The summed E-state index contributed by atoms with van der Waals surface area (Å²) in [4.78, 5) is 4.25. The van der Waals surface area contributed by atoms with Crippen LogP contribution in [-0.2, 0) is 6.54 Å². The molecule has 0 saturated carbocycles. The summed E-state index contributed by atoms with van der Waals surface area (Å²) in [6.45, 7) is 5.87. The van der Waals surface area contributed by atoms with Gasteiger partial charge >= 0.3 is 0 Å². The molecule has 23 heavy (non-hydrogen) atoms. The Kier molecular flexibility index (Phi) is 10.5. The molecule has 1 aromatic rings. The lowest BCUT2D eigenvalue weighted by molar-refractivity contribution is 0.390. The second kappa shape index (κ2) is 10.9. The normalized spacial score (nSPS) is 11.5. The highest BCUT2D eigenvalue weighted by Gasteiger charge is 2.16. The number of nitrogens with zero attached hydrogens (tertiary/aromatic N) is 1. The number of methoxy groups -OCH3 is 2. The number of hydrogen-bond acceptors (Lipinski definition) is 4. The van der Waals surface area contributed by atoms with Gasteiger partial charge in [0.05, 0.1) is 14.2 Å². The fourth-order valence-electron chi connectivity index (χ4n) is 1.77. The van der Waals surface area contributed by atoms with E-state index in [-0.39, 0.29) is 28.7 Å². The SMILES string of the molecule is CN=C(NCc1ccc(OC)cc1OC)NCC(C)(C)SC.I. The Hall–Kier alpha value is -0.830. The van der Waals surface area contributed by atoms with Crippen molar-refractivity contribution in [2.24, 2.45) is 4.99 Å². The van der Waals surface area contributed by atoms with Gasteiger partial charge in [-0.25, -0.2) is 0 Å². The van der Waals surface area contributed by atoms with Gasteiger partial charge in [-0.1, -0.05) is 0 Å². The van der Waals surface area contributed by atoms with Gasteiger partial charge in [0.25, 0.3) is 0 Å². The monoisotopic (exact) mass is 453 g/mol. The van der Waals surface area contributed by atoms with Crippen molar-refractivity contribution in [1.82, 2.24) is 10.6 Å². The Morgan fingerprint density at radius 2 is 1.91 bits per heavy atom. The van der Waals surface area contributed by atoms with Crippen LogP contribution in [0.2, 0.25) is 0 Å². The minimum Gasteiger partial charge on any atom is -0.497 e. The molecular formula is C16H28IN3O2S. The molecule has 0 heterocycles. The summed E-state index contributed by atoms with van der Waals surface area (Å²) in [5.74, 6) is 2.36. The van der Waals surface area contributed by atoms with E-state index in [1.54, 1.807) is 21.3 Å². The molecule has 7 heteroatoms. The molecule has 0 aliphatic heterocycles. The summed E-state index contributed by atoms with van der Waals surface area (Å²) in [6.07, 6.45) is 2.11. The van der Waals surface area contributed by atoms with Gasteiger partial charge < -0.3 is 20.1 Å². The van der Waals surface area contributed by atoms with Gasteiger partial charge in [0.1, 0.15) is 11.5 Å². The second-order valence-electron chi connectivity index (χ2n) is 5.42. The van der Waals surface area contributed by atoms with E-state index in [0.29, 0.717) is 6.54 Å². The van der Waals surface area contributed by atoms with Gasteiger partial charge in [0.2, 0.25) is 0 Å². The maximum absolute atomic E-state index is 5.40. The predicted octanol–water partition coefficient (Wildman–Crippen LogP) is 3.13. The number of nitrogens with one attached hydrogen (secondary N) is 2. The van der Waals surface area contributed by atoms with Gasteiger partial charge in [-0.2, -0.15) is 11.8 Å². The Labute approximate surface area is 161 Å². The molecule has 0 unspecified atom stereocenters. The van der Waals surface area contributed by atoms with Crippen LogP contribution in [0.4, 0.5) is 0 Å². The summed E-state index contributed by atoms with van der Waals surface area (Å²) in [5.41, 5.74) is 1.05. The number of aliphatic imine (C=N–C) groups is 1. The van der Waals surface area contributed by atoms with Crippen LogP contribution in [0.15, 0.2) is 23.2 Å². The average Bonchev–Trinajstić information content (AvgIpc) is 2.54. The van der Waals surface area contributed by atoms with E-state index < -0.39 is 0 Å². The number of hydrogen-bond donors (Lipinski definition) is 2. The molecule has 0 aromatic heterocycles. The van der Waals surface area contributed by atoms with Crippen LogP contribution in [0, 0.1) is 0 Å². The largest absolute Gasteiger partial charge is 0.497 e. The third kappa shape index (κ3) is 7.52. The summed E-state index contributed by atoms with van der Waals surface area (Å²) in [5, 5.41) is 6.65. The van der Waals surface area contributed by atoms with E-state index in [1.807, 2.05) is 30.0 Å². The van der Waals surface area contributed by atoms with Crippen molar-refractivity contribution in [1.29, 1.82) is 0 Å². The van der Waals surface area contributed by atoms with Crippen molar-refractivity contribution in [3.63, 3.8) is 0 Å². The molecule has 0 spiro atoms. The molecule has 2 N–H and O–H groups in total. The minimum atomic E-state index is 0. The van der Waals surface area contributed by atoms with Crippen LogP contribution < -0.4 is 20.1 Å². The Balaban J connectivity index is 0.00000484. The molecule has 0 amide bonds. The molecule has 0 radical (unpaired) electrons. The lowest BCUT2D eigenvalue weighted by Gasteiger charge is -2.24. The lowest BCUT2D eigenvalue weighted by Crippen LogP contribution is -2.43. The lowest BCUT2D eigenvalue weighted by atomic mass is 10.2. The zero-order chi connectivity index (χ0) is 16.6. The fourth-order valence-corrected chi connectivity index (χ4v) is 1.98. The van der Waals surface area contributed by atoms with Crippen molar-refractivity contribution in [2.45, 2.75) is 25.1 Å². The van der Waals surface area contributed by atoms with Gasteiger partial charge in [-0.05, 0) is 32.2 Å². The van der Waals surface area contributed by atoms with Crippen LogP contribution in [0.1, 0.15) is 19.4 Å². The van der Waals surface area contributed by atoms with Crippen LogP contribution in [-0.4, -0.2) is 44.8 Å². The molecular weight excluding hydrogens is 425 g/mol. The zero-order valence-electron chi connectivity index (χ0n) is 14.7. The summed E-state index contributed by atoms with van der Waals surface area (Å²) in [6, 6.07) is 5.79. The van der Waals surface area contributed by atoms with Crippen LogP contribution >= 0.6 is 35.7 Å². The number of rotatable bonds is 7. The van der Waals surface area contributed by atoms with Gasteiger partial charge in [0, 0.05) is 36.5 Å². The van der Waals surface area contributed by atoms with Crippen LogP contribution in [0.5, 0.6) is 11.5 Å². The smallest absolute Gasteiger partial charge is 0.191 e. The first-order valence-corrected chi connectivity index (χ1v) is 8.38. The Morgan fingerprint density at radius 3 is 2.43 bits per heavy atom. The summed E-state index contributed by atoms with van der Waals surface area (Å²) < 4.78 is 10.8. The first-order chi connectivity index (χ1) is 10.5. The highest BCUT2D eigenvalue weighted by Crippen LogP contribution is 2.24. The summed E-state index contributed by atoms with van der Waals surface area (Å²) in [7, 11) is 5.07. The fraction of sp³-hybridized carbons (Fsp3) is 0.562. The third-order valence-corrected chi connectivity index (χ3v) is 4.65. The Bertz CT molecular complexity index is 510. The molecule has 0 aliphatic carbocycles. The molecule has 132 valence electrons. The highest BCUT2D eigenvalue weighted by atomic mass is 127. The Morgan fingerprint density at radius 1 is 1.22 bits per heavy atom. The maximum atomic E-state index is 5.40. The second-order valence-corrected chi connectivity index (χ2v) is 6.93. The number of thioether (sulfide) groups is 1. The molecule has 0 saturated heterocycles. The maximum Gasteiger partial charge on any atom is 0.191 e. The topological polar surface area (TPSA) is 54.9 Å². The van der Waals surface area contributed by atoms with Crippen molar-refractivity contribution in [2.75, 3.05) is 34.1 Å². The van der Waals surface area contributed by atoms with E-state index >= 15 is 0 Å². The molecule has 0 bridgehead atoms. The number of ether oxygens (including phenoxy) is 2. The van der Waals surface area contributed by atoms with Crippen molar-refractivity contribution < 1.29 is 9.47 Å². The van der Waals surface area contributed by atoms with E-state index in [0.717, 1.165) is 29.6 Å². The standard InChI is InChI=1S/C16H27N3O2S.HI/c1-16(2,22-6)11-19-15(17-3)18-10-12-7-8-13(20-4)9-14(12)21-5;/h7-9H,10-11H2,1-6H3,(H2,17,18,19);1H. The molecule has 5 nitrogen and oxygen atoms in total. The number of benzene rings is 1. The van der Waals surface area contributed by atoms with E-state index in [9.17, 15) is 0 Å². The molecule has 1 rings (SSSR count). The van der Waals surface area contributed by atoms with E-state index in [4.69, 9.17) is 9.47 Å². The third-order valence-electron chi connectivity index (χ3n) is 3.40. The number of halogens is 1. The quantitative estimate of drug-likeness (QED) is 0.378. The minimum absolute atomic E-state index is 0. The van der Waals surface area contributed by atoms with Gasteiger partial charge in [-0.3, -0.25) is 4.99 Å². The number of guanidine groups is 1. The first kappa shape index (κ1) is 22.2. The molecule has 0 atom stereocenters.